The Morgan fingerprint density at radius 1 is 0.910 bits per heavy atom. The molecule has 6 N–H and O–H groups in total. The minimum Gasteiger partial charge on any atom is -0.507 e. The average molecular weight is 1080 g/mol. The van der Waals surface area contributed by atoms with Crippen molar-refractivity contribution >= 4 is 40.0 Å². The van der Waals surface area contributed by atoms with Crippen molar-refractivity contribution in [3.63, 3.8) is 0 Å². The van der Waals surface area contributed by atoms with Gasteiger partial charge in [0.15, 0.2) is 11.4 Å². The van der Waals surface area contributed by atoms with Crippen molar-refractivity contribution in [2.75, 3.05) is 51.7 Å². The second-order valence-corrected chi connectivity index (χ2v) is 22.8. The average Bonchev–Trinajstić information content (AvgIpc) is 4.01. The van der Waals surface area contributed by atoms with Crippen molar-refractivity contribution in [2.45, 2.75) is 150 Å². The topological polar surface area (TPSA) is 261 Å². The number of phenolic OH excluding ortho intramolecular Hbond substituents is 2. The van der Waals surface area contributed by atoms with Gasteiger partial charge >= 0.3 is 11.8 Å². The van der Waals surface area contributed by atoms with E-state index in [0.29, 0.717) is 51.0 Å². The number of anilines is 1. The Morgan fingerprint density at radius 3 is 2.29 bits per heavy atom. The fourth-order valence-electron chi connectivity index (χ4n) is 12.1. The van der Waals surface area contributed by atoms with Gasteiger partial charge in [0.05, 0.1) is 41.3 Å². The Hall–Kier alpha value is -6.19. The number of aliphatic hydroxyl groups is 3. The number of carbonyl (C=O) groups is 4. The van der Waals surface area contributed by atoms with Crippen LogP contribution in [0.25, 0.3) is 10.8 Å². The number of Topliss-reactive ketones (excluding diaryl/α,β-unsaturated/α-hetero) is 1. The summed E-state index contributed by atoms with van der Waals surface area (Å²) < 4.78 is 20.9. The van der Waals surface area contributed by atoms with Crippen LogP contribution in [0.15, 0.2) is 58.5 Å². The fourth-order valence-corrected chi connectivity index (χ4v) is 12.1. The van der Waals surface area contributed by atoms with Gasteiger partial charge in [0.1, 0.15) is 40.9 Å². The lowest BCUT2D eigenvalue weighted by Gasteiger charge is -2.40. The van der Waals surface area contributed by atoms with Crippen LogP contribution in [0.1, 0.15) is 116 Å². The molecule has 2 aromatic carbocycles. The van der Waals surface area contributed by atoms with Gasteiger partial charge in [-0.2, -0.15) is 0 Å². The number of piperidine rings is 2. The molecule has 0 aliphatic carbocycles. The van der Waals surface area contributed by atoms with Crippen LogP contribution >= 0.6 is 0 Å². The predicted octanol–water partition coefficient (Wildman–Crippen LogP) is 4.81. The summed E-state index contributed by atoms with van der Waals surface area (Å²) in [5.74, 6) is -5.99. The summed E-state index contributed by atoms with van der Waals surface area (Å²) in [6, 6.07) is 0.300. The van der Waals surface area contributed by atoms with Gasteiger partial charge in [-0.1, -0.05) is 59.8 Å². The molecule has 8 atom stereocenters. The van der Waals surface area contributed by atoms with Gasteiger partial charge in [0, 0.05) is 125 Å². The standard InChI is InChI=1S/C57H76N8O11.CH4O/c1-31(2)29-62-22-17-57(18-23-62)60-45-42-43-50(70)37(8)53-44(42)54(72)56(9,76-53)74-27-11-14-33(4)52(75-41(67)28-40(66)64-20-15-38(16-21-64)65-26-25-63-24-19-58-39(63)30-65)36(7)49(69)35(6)48(68)32(3)12-10-13-34(5)55(73)59-47(51(43)71)46(45)61-57;1-2/h10-13,19,24,27,31-33,35-36,38,48-49,52,68-71H,14-18,20-23,25-26,28-30H2,1-9H3,(H,59,73);2H,1H3/b12-10+,27-11+,34-13-;/t32?,33-,35-,36-,48+,49?,52?,56?;/m1./s1. The number of benzene rings is 2. The number of hydrogen-bond acceptors (Lipinski definition) is 17. The number of esters is 1. The number of hydrogen-bond donors (Lipinski definition) is 6. The number of amides is 2. The van der Waals surface area contributed by atoms with Gasteiger partial charge in [-0.15, -0.1) is 0 Å². The van der Waals surface area contributed by atoms with E-state index in [1.54, 1.807) is 63.8 Å². The molecule has 2 fully saturated rings. The second-order valence-electron chi connectivity index (χ2n) is 22.8. The Labute approximate surface area is 456 Å². The van der Waals surface area contributed by atoms with Crippen LogP contribution in [-0.2, 0) is 36.9 Å². The van der Waals surface area contributed by atoms with Crippen molar-refractivity contribution in [1.29, 1.82) is 0 Å². The van der Waals surface area contributed by atoms with Gasteiger partial charge in [-0.05, 0) is 51.0 Å². The van der Waals surface area contributed by atoms with Crippen LogP contribution in [0.5, 0.6) is 17.2 Å². The zero-order valence-corrected chi connectivity index (χ0v) is 46.9. The molecule has 424 valence electrons. The normalized spacial score (nSPS) is 29.5. The van der Waals surface area contributed by atoms with Crippen LogP contribution in [0.3, 0.4) is 0 Å². The van der Waals surface area contributed by atoms with E-state index in [0.717, 1.165) is 52.0 Å². The first kappa shape index (κ1) is 58.0. The first-order valence-corrected chi connectivity index (χ1v) is 27.6. The fraction of sp³-hybridized carbons (Fsp3) is 0.603. The largest absolute Gasteiger partial charge is 0.507 e. The van der Waals surface area contributed by atoms with E-state index in [1.807, 2.05) is 19.3 Å². The number of ether oxygens (including phenoxy) is 3. The van der Waals surface area contributed by atoms with Crippen molar-refractivity contribution in [2.24, 2.45) is 39.6 Å². The number of fused-ring (bicyclic) bond motifs is 14. The number of rotatable bonds is 6. The van der Waals surface area contributed by atoms with Crippen LogP contribution < -0.4 is 20.8 Å². The predicted molar refractivity (Wildman–Crippen MR) is 291 cm³/mol. The van der Waals surface area contributed by atoms with Crippen molar-refractivity contribution < 1.29 is 58.9 Å². The zero-order valence-electron chi connectivity index (χ0n) is 46.9. The molecule has 78 heavy (non-hydrogen) atoms. The molecule has 10 rings (SSSR count). The molecule has 7 aliphatic rings. The monoisotopic (exact) mass is 1080 g/mol. The number of allylic oxidation sites excluding steroid dienone is 3. The number of likely N-dealkylation sites (tertiary alicyclic amines) is 2. The number of ketones is 1. The lowest BCUT2D eigenvalue weighted by Crippen LogP contribution is -2.49. The number of aromatic hydroxyl groups is 2. The van der Waals surface area contributed by atoms with Crippen molar-refractivity contribution in [3.8, 4) is 17.2 Å². The maximum atomic E-state index is 14.9. The molecule has 2 saturated heterocycles. The summed E-state index contributed by atoms with van der Waals surface area (Å²) in [6.45, 7) is 21.9. The minimum absolute atomic E-state index is 0.0395. The van der Waals surface area contributed by atoms with Crippen molar-refractivity contribution in [3.05, 3.63) is 76.2 Å². The number of aromatic nitrogens is 2. The Kier molecular flexibility index (Phi) is 17.6. The molecule has 8 heterocycles. The van der Waals surface area contributed by atoms with Gasteiger partial charge in [-0.3, -0.25) is 34.1 Å². The van der Waals surface area contributed by atoms with Gasteiger partial charge in [-0.25, -0.2) is 4.98 Å². The molecule has 1 aromatic heterocycles. The van der Waals surface area contributed by atoms with E-state index in [-0.39, 0.29) is 67.7 Å². The zero-order chi connectivity index (χ0) is 56.5. The van der Waals surface area contributed by atoms with Gasteiger partial charge in [0.2, 0.25) is 5.91 Å². The molecule has 20 nitrogen and oxygen atoms in total. The van der Waals surface area contributed by atoms with Crippen molar-refractivity contribution in [1.82, 2.24) is 24.3 Å². The lowest BCUT2D eigenvalue weighted by molar-refractivity contribution is -0.162. The number of aliphatic hydroxyl groups excluding tert-OH is 3. The van der Waals surface area contributed by atoms with Crippen LogP contribution in [0.2, 0.25) is 0 Å². The summed E-state index contributed by atoms with van der Waals surface area (Å²) in [6.07, 6.45) is 10.9. The number of phenols is 2. The third kappa shape index (κ3) is 11.5. The number of carbonyl (C=O) groups excluding carboxylic acids is 4. The Balaban J connectivity index is 0.00000397. The summed E-state index contributed by atoms with van der Waals surface area (Å²) >= 11 is 0. The molecule has 4 unspecified atom stereocenters. The highest BCUT2D eigenvalue weighted by atomic mass is 16.7. The molecular weight excluding hydrogens is 1000 g/mol. The van der Waals surface area contributed by atoms with Gasteiger partial charge in [0.25, 0.3) is 11.7 Å². The third-order valence-electron chi connectivity index (χ3n) is 16.8. The summed E-state index contributed by atoms with van der Waals surface area (Å²) in [4.78, 5) is 77.8. The molecule has 7 aliphatic heterocycles. The number of nitrogens with zero attached hydrogens (tertiary/aromatic N) is 7. The molecule has 0 radical (unpaired) electrons. The smallest absolute Gasteiger partial charge is 0.315 e. The van der Waals surface area contributed by atoms with E-state index in [9.17, 15) is 39.6 Å². The van der Waals surface area contributed by atoms with Crippen LogP contribution in [-0.4, -0.2) is 156 Å². The summed E-state index contributed by atoms with van der Waals surface area (Å²) in [7, 11) is 1.00. The highest BCUT2D eigenvalue weighted by molar-refractivity contribution is 6.19. The minimum atomic E-state index is -1.95. The lowest BCUT2D eigenvalue weighted by atomic mass is 9.79. The first-order chi connectivity index (χ1) is 37.1. The first-order valence-electron chi connectivity index (χ1n) is 27.6. The number of imidazole rings is 1. The van der Waals surface area contributed by atoms with E-state index in [1.165, 1.54) is 13.2 Å². The SMILES string of the molecule is C/C1=C/C=C/C(C)[C@H](O)[C@@H](C)C(O)[C@@H](C)C(OC(=O)CC(=O)N2CCC(N3CCn4ccnc4C3)CC2)[C@H](C)C/C=C/OC2(C)Oc3c(C)c(O)c4c(O)c(c5c(c4c3C2=O)=NC2(CCN(CC(C)C)CC2)N=5)NC1=O.CO. The van der Waals surface area contributed by atoms with Crippen LogP contribution in [0, 0.1) is 36.5 Å². The molecule has 2 amide bonds. The third-order valence-corrected chi connectivity index (χ3v) is 16.8. The maximum absolute atomic E-state index is 14.9. The quantitative estimate of drug-likeness (QED) is 0.110. The molecule has 1 spiro atoms. The molecule has 0 saturated carbocycles. The summed E-state index contributed by atoms with van der Waals surface area (Å²) in [5.41, 5.74) is -0.597. The second kappa shape index (κ2) is 23.6. The molecular formula is C58H80N8O12. The van der Waals surface area contributed by atoms with E-state index < -0.39 is 83.3 Å². The molecule has 3 aromatic rings. The summed E-state index contributed by atoms with van der Waals surface area (Å²) in [5, 5.41) is 58.0. The highest BCUT2D eigenvalue weighted by Crippen LogP contribution is 2.50. The Morgan fingerprint density at radius 2 is 1.60 bits per heavy atom. The van der Waals surface area contributed by atoms with E-state index in [2.05, 4.69) is 38.5 Å². The van der Waals surface area contributed by atoms with E-state index >= 15 is 0 Å². The van der Waals surface area contributed by atoms with E-state index in [4.69, 9.17) is 29.3 Å². The van der Waals surface area contributed by atoms with Gasteiger partial charge < -0.3 is 59.4 Å². The van der Waals surface area contributed by atoms with Crippen LogP contribution in [0.4, 0.5) is 5.69 Å². The molecule has 5 bridgehead atoms. The molecule has 20 heteroatoms. The number of nitrogens with one attached hydrogen (secondary N) is 1. The Bertz CT molecular complexity index is 2990. The maximum Gasteiger partial charge on any atom is 0.315 e. The highest BCUT2D eigenvalue weighted by Gasteiger charge is 2.50.